The van der Waals surface area contributed by atoms with Gasteiger partial charge in [-0.05, 0) is 38.4 Å². The summed E-state index contributed by atoms with van der Waals surface area (Å²) in [5, 5.41) is 53.5. The molecule has 0 aromatic heterocycles. The Hall–Kier alpha value is -3.95. The monoisotopic (exact) mass is 484 g/mol. The van der Waals surface area contributed by atoms with Crippen molar-refractivity contribution in [1.82, 2.24) is 4.90 Å². The van der Waals surface area contributed by atoms with Gasteiger partial charge in [-0.15, -0.1) is 0 Å². The third-order valence-electron chi connectivity index (χ3n) is 7.23. The number of carbonyl (C=O) groups excluding carboxylic acids is 3. The summed E-state index contributed by atoms with van der Waals surface area (Å²) < 4.78 is 0. The molecule has 0 saturated heterocycles. The van der Waals surface area contributed by atoms with E-state index < -0.39 is 63.9 Å². The number of likely N-dealkylation sites (N-methyl/N-ethyl adjacent to an activating group) is 1. The van der Waals surface area contributed by atoms with Crippen LogP contribution in [0, 0.1) is 17.2 Å². The highest BCUT2D eigenvalue weighted by Gasteiger charge is 2.62. The van der Waals surface area contributed by atoms with Gasteiger partial charge in [0, 0.05) is 31.7 Å². The second-order valence-electron chi connectivity index (χ2n) is 9.57. The SMILES string of the molecule is CN(C)c1c2c(c(O)c([N+]#N)c1C(N)=O)C(O)=C1C(=O)C3(O)C(O)=CC(=O)C(N(C)C)C3CC1C2. The predicted molar refractivity (Wildman–Crippen MR) is 124 cm³/mol. The zero-order chi connectivity index (χ0) is 26.1. The van der Waals surface area contributed by atoms with Gasteiger partial charge in [0.1, 0.15) is 11.5 Å². The topological polar surface area (TPSA) is 193 Å². The van der Waals surface area contributed by atoms with Crippen molar-refractivity contribution < 1.29 is 34.8 Å². The van der Waals surface area contributed by atoms with Crippen molar-refractivity contribution in [3.8, 4) is 5.75 Å². The van der Waals surface area contributed by atoms with Gasteiger partial charge in [0.2, 0.25) is 16.9 Å². The third kappa shape index (κ3) is 3.05. The van der Waals surface area contributed by atoms with E-state index in [9.17, 15) is 40.2 Å². The number of hydrogen-bond donors (Lipinski definition) is 5. The molecule has 1 saturated carbocycles. The van der Waals surface area contributed by atoms with Gasteiger partial charge in [-0.1, -0.05) is 0 Å². The Kier molecular flexibility index (Phi) is 5.38. The summed E-state index contributed by atoms with van der Waals surface area (Å²) in [7, 11) is 6.41. The number of nitrogens with two attached hydrogens (primary N) is 1. The molecule has 0 radical (unpaired) electrons. The number of anilines is 1. The summed E-state index contributed by atoms with van der Waals surface area (Å²) in [4.78, 5) is 44.6. The Morgan fingerprint density at radius 1 is 1.20 bits per heavy atom. The molecule has 0 heterocycles. The number of aliphatic hydroxyl groups is 3. The molecule has 1 aromatic carbocycles. The zero-order valence-corrected chi connectivity index (χ0v) is 19.6. The van der Waals surface area contributed by atoms with Gasteiger partial charge in [0.25, 0.3) is 5.91 Å². The van der Waals surface area contributed by atoms with Crippen molar-refractivity contribution in [1.29, 1.82) is 5.39 Å². The number of fused-ring (bicyclic) bond motifs is 3. The molecule has 0 spiro atoms. The second-order valence-corrected chi connectivity index (χ2v) is 9.57. The summed E-state index contributed by atoms with van der Waals surface area (Å²) in [5.74, 6) is -6.46. The first-order chi connectivity index (χ1) is 16.3. The number of diazo groups is 1. The highest BCUT2D eigenvalue weighted by Crippen LogP contribution is 2.55. The maximum absolute atomic E-state index is 13.6. The molecule has 1 fully saturated rings. The molecule has 3 aliphatic rings. The van der Waals surface area contributed by atoms with E-state index in [0.29, 0.717) is 0 Å². The van der Waals surface area contributed by atoms with Crippen LogP contribution in [0.2, 0.25) is 0 Å². The Labute approximate surface area is 200 Å². The quantitative estimate of drug-likeness (QED) is 0.382. The zero-order valence-electron chi connectivity index (χ0n) is 19.6. The molecule has 1 amide bonds. The number of phenolic OH excluding ortho intramolecular Hbond substituents is 1. The molecule has 0 aliphatic heterocycles. The van der Waals surface area contributed by atoms with E-state index in [2.05, 4.69) is 4.98 Å². The van der Waals surface area contributed by atoms with Gasteiger partial charge in [-0.3, -0.25) is 19.3 Å². The van der Waals surface area contributed by atoms with Crippen LogP contribution in [0.1, 0.15) is 27.9 Å². The first-order valence-corrected chi connectivity index (χ1v) is 10.8. The smallest absolute Gasteiger partial charge is 0.441 e. The van der Waals surface area contributed by atoms with Gasteiger partial charge in [-0.2, -0.15) is 0 Å². The van der Waals surface area contributed by atoms with Gasteiger partial charge in [-0.25, -0.2) is 0 Å². The molecule has 4 unspecified atom stereocenters. The molecule has 184 valence electrons. The molecule has 1 aromatic rings. The van der Waals surface area contributed by atoms with E-state index in [1.54, 1.807) is 33.1 Å². The van der Waals surface area contributed by atoms with Crippen LogP contribution in [0.4, 0.5) is 11.4 Å². The minimum absolute atomic E-state index is 0.0267. The van der Waals surface area contributed by atoms with Crippen LogP contribution in [-0.4, -0.2) is 82.6 Å². The first kappa shape index (κ1) is 24.2. The molecule has 6 N–H and O–H groups in total. The molecule has 4 rings (SSSR count). The lowest BCUT2D eigenvalue weighted by atomic mass is 9.58. The molecule has 35 heavy (non-hydrogen) atoms. The van der Waals surface area contributed by atoms with Crippen molar-refractivity contribution in [2.75, 3.05) is 33.1 Å². The number of hydrogen-bond acceptors (Lipinski definition) is 10. The highest BCUT2D eigenvalue weighted by atomic mass is 16.3. The van der Waals surface area contributed by atoms with Crippen molar-refractivity contribution in [3.05, 3.63) is 39.1 Å². The average molecular weight is 484 g/mol. The second kappa shape index (κ2) is 7.79. The fourth-order valence-corrected chi connectivity index (χ4v) is 5.87. The van der Waals surface area contributed by atoms with Crippen LogP contribution in [0.25, 0.3) is 10.7 Å². The van der Waals surface area contributed by atoms with Crippen molar-refractivity contribution in [3.63, 3.8) is 0 Å². The van der Waals surface area contributed by atoms with E-state index in [4.69, 9.17) is 5.73 Å². The van der Waals surface area contributed by atoms with Crippen LogP contribution in [0.5, 0.6) is 5.75 Å². The summed E-state index contributed by atoms with van der Waals surface area (Å²) in [6.45, 7) is 0. The first-order valence-electron chi connectivity index (χ1n) is 10.8. The number of ketones is 2. The van der Waals surface area contributed by atoms with Crippen LogP contribution < -0.4 is 10.6 Å². The Balaban J connectivity index is 2.04. The van der Waals surface area contributed by atoms with Gasteiger partial charge in [0.05, 0.1) is 17.3 Å². The lowest BCUT2D eigenvalue weighted by Crippen LogP contribution is -2.64. The standard InChI is InChI=1S/C23H25N5O7/c1-27(2)17-9-5-8-6-10-18(28(3)4)11(29)7-12(30)23(10,35)21(33)13(8)19(31)14(9)20(32)16(26-25)15(17)22(24)34/h7-8,10,18,35H,5-6H2,1-4H3,(H4-,24,29,30,31,32,33,34)/p+1. The fourth-order valence-electron chi connectivity index (χ4n) is 5.87. The Morgan fingerprint density at radius 3 is 2.34 bits per heavy atom. The summed E-state index contributed by atoms with van der Waals surface area (Å²) in [6, 6.07) is -0.914. The number of aliphatic hydroxyl groups excluding tert-OH is 2. The normalized spacial score (nSPS) is 27.6. The molecular formula is C23H26N5O7+. The van der Waals surface area contributed by atoms with Crippen LogP contribution in [-0.2, 0) is 16.0 Å². The number of benzene rings is 1. The minimum Gasteiger partial charge on any atom is -0.509 e. The lowest BCUT2D eigenvalue weighted by molar-refractivity contribution is -0.152. The van der Waals surface area contributed by atoms with Crippen LogP contribution in [0.15, 0.2) is 17.4 Å². The van der Waals surface area contributed by atoms with Gasteiger partial charge >= 0.3 is 5.69 Å². The molecule has 3 aliphatic carbocycles. The van der Waals surface area contributed by atoms with Crippen molar-refractivity contribution in [2.45, 2.75) is 24.5 Å². The minimum atomic E-state index is -2.46. The average Bonchev–Trinajstić information content (AvgIpc) is 2.75. The van der Waals surface area contributed by atoms with Crippen LogP contribution >= 0.6 is 0 Å². The largest absolute Gasteiger partial charge is 0.509 e. The van der Waals surface area contributed by atoms with Crippen molar-refractivity contribution in [2.24, 2.45) is 17.6 Å². The lowest BCUT2D eigenvalue weighted by Gasteiger charge is -2.49. The number of Topliss-reactive ketones (excluding diaryl/α,β-unsaturated/α-hetero) is 1. The van der Waals surface area contributed by atoms with Crippen LogP contribution in [0.3, 0.4) is 0 Å². The summed E-state index contributed by atoms with van der Waals surface area (Å²) in [6.07, 6.45) is 0.870. The number of carbonyl (C=O) groups is 3. The maximum atomic E-state index is 13.6. The van der Waals surface area contributed by atoms with Gasteiger partial charge < -0.3 is 31.1 Å². The van der Waals surface area contributed by atoms with E-state index in [1.165, 1.54) is 4.90 Å². The van der Waals surface area contributed by atoms with E-state index >= 15 is 0 Å². The fraction of sp³-hybridized carbons (Fsp3) is 0.435. The number of amides is 1. The highest BCUT2D eigenvalue weighted by molar-refractivity contribution is 6.15. The number of primary amides is 1. The summed E-state index contributed by atoms with van der Waals surface area (Å²) in [5.41, 5.74) is 2.19. The molecule has 12 heteroatoms. The predicted octanol–water partition coefficient (Wildman–Crippen LogP) is 0.758. The van der Waals surface area contributed by atoms with Crippen molar-refractivity contribution >= 4 is 34.6 Å². The Morgan fingerprint density at radius 2 is 1.83 bits per heavy atom. The number of aromatic hydroxyl groups is 1. The maximum Gasteiger partial charge on any atom is 0.441 e. The van der Waals surface area contributed by atoms with E-state index in [0.717, 1.165) is 6.08 Å². The molecule has 0 bridgehead atoms. The Bertz CT molecular complexity index is 1310. The number of nitrogens with zero attached hydrogens (tertiary/aromatic N) is 4. The van der Waals surface area contributed by atoms with E-state index in [1.807, 2.05) is 0 Å². The third-order valence-corrected chi connectivity index (χ3v) is 7.23. The molecule has 4 atom stereocenters. The van der Waals surface area contributed by atoms with E-state index in [-0.39, 0.29) is 40.8 Å². The van der Waals surface area contributed by atoms with Gasteiger partial charge in [0.15, 0.2) is 21.9 Å². The molecule has 12 nitrogen and oxygen atoms in total. The number of phenols is 1. The summed E-state index contributed by atoms with van der Waals surface area (Å²) >= 11 is 0. The number of rotatable bonds is 3. The molecular weight excluding hydrogens is 458 g/mol.